The number of hydrogen-bond donors (Lipinski definition) is 2. The van der Waals surface area contributed by atoms with E-state index in [0.717, 1.165) is 37.2 Å². The Hall–Kier alpha value is -1.14. The van der Waals surface area contributed by atoms with Gasteiger partial charge in [-0.05, 0) is 56.5 Å². The van der Waals surface area contributed by atoms with Crippen LogP contribution in [0.15, 0.2) is 24.3 Å². The molecule has 1 aliphatic heterocycles. The third-order valence-corrected chi connectivity index (χ3v) is 5.46. The molecular weight excluding hydrogens is 352 g/mol. The second kappa shape index (κ2) is 10.3. The van der Waals surface area contributed by atoms with Gasteiger partial charge in [-0.3, -0.25) is 4.79 Å². The number of piperidine rings is 1. The number of nitrogens with one attached hydrogen (secondary N) is 2. The highest BCUT2D eigenvalue weighted by molar-refractivity contribution is 5.95. The van der Waals surface area contributed by atoms with Crippen molar-refractivity contribution in [1.29, 1.82) is 0 Å². The van der Waals surface area contributed by atoms with E-state index in [1.165, 1.54) is 25.7 Å². The van der Waals surface area contributed by atoms with Crippen LogP contribution in [-0.2, 0) is 20.9 Å². The summed E-state index contributed by atoms with van der Waals surface area (Å²) in [7, 11) is 1.66. The SMILES string of the molecule is COCC1(C(=O)Nc2ccc(COC3CCCC3)cc2)CCNCC1.Cl. The van der Waals surface area contributed by atoms with Gasteiger partial charge in [0.1, 0.15) is 0 Å². The highest BCUT2D eigenvalue weighted by Crippen LogP contribution is 2.31. The van der Waals surface area contributed by atoms with Crippen molar-refractivity contribution in [2.75, 3.05) is 32.1 Å². The predicted molar refractivity (Wildman–Crippen MR) is 106 cm³/mol. The Bertz CT molecular complexity index is 547. The largest absolute Gasteiger partial charge is 0.384 e. The number of carbonyl (C=O) groups excluding carboxylic acids is 1. The zero-order valence-electron chi connectivity index (χ0n) is 15.6. The van der Waals surface area contributed by atoms with E-state index >= 15 is 0 Å². The van der Waals surface area contributed by atoms with Crippen LogP contribution >= 0.6 is 12.4 Å². The van der Waals surface area contributed by atoms with Gasteiger partial charge < -0.3 is 20.1 Å². The number of amides is 1. The number of rotatable bonds is 7. The lowest BCUT2D eigenvalue weighted by molar-refractivity contribution is -0.130. The molecule has 1 aromatic rings. The van der Waals surface area contributed by atoms with Crippen LogP contribution in [0.4, 0.5) is 5.69 Å². The summed E-state index contributed by atoms with van der Waals surface area (Å²) in [6, 6.07) is 8.01. The average molecular weight is 383 g/mol. The minimum atomic E-state index is -0.426. The third kappa shape index (κ3) is 5.43. The minimum absolute atomic E-state index is 0. The molecule has 5 nitrogen and oxygen atoms in total. The van der Waals surface area contributed by atoms with E-state index in [1.807, 2.05) is 24.3 Å². The summed E-state index contributed by atoms with van der Waals surface area (Å²) >= 11 is 0. The molecule has 0 atom stereocenters. The first kappa shape index (κ1) is 21.2. The molecule has 0 spiro atoms. The van der Waals surface area contributed by atoms with Crippen LogP contribution in [0.3, 0.4) is 0 Å². The van der Waals surface area contributed by atoms with Crippen LogP contribution in [0.5, 0.6) is 0 Å². The van der Waals surface area contributed by atoms with Gasteiger partial charge in [0.2, 0.25) is 5.91 Å². The van der Waals surface area contributed by atoms with E-state index < -0.39 is 5.41 Å². The fourth-order valence-corrected chi connectivity index (χ4v) is 3.84. The molecule has 1 saturated carbocycles. The highest BCUT2D eigenvalue weighted by atomic mass is 35.5. The molecule has 1 saturated heterocycles. The first-order valence-corrected chi connectivity index (χ1v) is 9.43. The van der Waals surface area contributed by atoms with Crippen LogP contribution in [0.1, 0.15) is 44.1 Å². The Morgan fingerprint density at radius 2 is 1.85 bits per heavy atom. The van der Waals surface area contributed by atoms with Crippen molar-refractivity contribution in [2.24, 2.45) is 5.41 Å². The van der Waals surface area contributed by atoms with Gasteiger partial charge in [0.15, 0.2) is 0 Å². The molecule has 6 heteroatoms. The number of hydrogen-bond acceptors (Lipinski definition) is 4. The summed E-state index contributed by atoms with van der Waals surface area (Å²) in [5.74, 6) is 0.0609. The van der Waals surface area contributed by atoms with Crippen LogP contribution in [-0.4, -0.2) is 38.8 Å². The minimum Gasteiger partial charge on any atom is -0.384 e. The Labute approximate surface area is 162 Å². The molecular formula is C20H31ClN2O3. The quantitative estimate of drug-likeness (QED) is 0.757. The summed E-state index contributed by atoms with van der Waals surface area (Å²) in [5, 5.41) is 6.39. The molecule has 0 radical (unpaired) electrons. The van der Waals surface area contributed by atoms with E-state index in [-0.39, 0.29) is 18.3 Å². The molecule has 0 unspecified atom stereocenters. The van der Waals surface area contributed by atoms with Gasteiger partial charge in [-0.25, -0.2) is 0 Å². The first-order valence-electron chi connectivity index (χ1n) is 9.43. The monoisotopic (exact) mass is 382 g/mol. The normalized spacial score (nSPS) is 19.7. The molecule has 26 heavy (non-hydrogen) atoms. The number of anilines is 1. The van der Waals surface area contributed by atoms with Crippen LogP contribution < -0.4 is 10.6 Å². The van der Waals surface area contributed by atoms with Crippen molar-refractivity contribution in [3.63, 3.8) is 0 Å². The summed E-state index contributed by atoms with van der Waals surface area (Å²) in [5.41, 5.74) is 1.56. The van der Waals surface area contributed by atoms with Gasteiger partial charge >= 0.3 is 0 Å². The van der Waals surface area contributed by atoms with E-state index in [0.29, 0.717) is 19.3 Å². The van der Waals surface area contributed by atoms with Gasteiger partial charge in [-0.1, -0.05) is 25.0 Å². The van der Waals surface area contributed by atoms with E-state index in [9.17, 15) is 4.79 Å². The lowest BCUT2D eigenvalue weighted by Crippen LogP contribution is -2.47. The Kier molecular flexibility index (Phi) is 8.35. The van der Waals surface area contributed by atoms with Crippen molar-refractivity contribution in [3.8, 4) is 0 Å². The fourth-order valence-electron chi connectivity index (χ4n) is 3.84. The summed E-state index contributed by atoms with van der Waals surface area (Å²) in [4.78, 5) is 12.8. The number of halogens is 1. The molecule has 0 bridgehead atoms. The lowest BCUT2D eigenvalue weighted by Gasteiger charge is -2.35. The maximum absolute atomic E-state index is 12.8. The maximum atomic E-state index is 12.8. The smallest absolute Gasteiger partial charge is 0.233 e. The van der Waals surface area contributed by atoms with Gasteiger partial charge in [0.05, 0.1) is 24.7 Å². The fraction of sp³-hybridized carbons (Fsp3) is 0.650. The maximum Gasteiger partial charge on any atom is 0.233 e. The van der Waals surface area contributed by atoms with Gasteiger partial charge in [-0.2, -0.15) is 0 Å². The molecule has 1 aliphatic carbocycles. The predicted octanol–water partition coefficient (Wildman–Crippen LogP) is 3.52. The van der Waals surface area contributed by atoms with E-state index in [1.54, 1.807) is 7.11 Å². The Morgan fingerprint density at radius 1 is 1.19 bits per heavy atom. The van der Waals surface area contributed by atoms with Crippen molar-refractivity contribution < 1.29 is 14.3 Å². The number of carbonyl (C=O) groups is 1. The summed E-state index contributed by atoms with van der Waals surface area (Å²) in [6.07, 6.45) is 6.98. The molecule has 2 N–H and O–H groups in total. The molecule has 2 aliphatic rings. The van der Waals surface area contributed by atoms with E-state index in [4.69, 9.17) is 9.47 Å². The third-order valence-electron chi connectivity index (χ3n) is 5.46. The zero-order valence-corrected chi connectivity index (χ0v) is 16.4. The van der Waals surface area contributed by atoms with Gasteiger partial charge in [0, 0.05) is 12.8 Å². The number of methoxy groups -OCH3 is 1. The molecule has 3 rings (SSSR count). The molecule has 0 aromatic heterocycles. The van der Waals surface area contributed by atoms with Crippen molar-refractivity contribution >= 4 is 24.0 Å². The summed E-state index contributed by atoms with van der Waals surface area (Å²) in [6.45, 7) is 2.83. The van der Waals surface area contributed by atoms with Crippen LogP contribution in [0, 0.1) is 5.41 Å². The Balaban J connectivity index is 0.00000243. The molecule has 1 amide bonds. The Morgan fingerprint density at radius 3 is 2.46 bits per heavy atom. The highest BCUT2D eigenvalue weighted by Gasteiger charge is 2.39. The molecule has 1 heterocycles. The summed E-state index contributed by atoms with van der Waals surface area (Å²) < 4.78 is 11.3. The second-order valence-corrected chi connectivity index (χ2v) is 7.33. The second-order valence-electron chi connectivity index (χ2n) is 7.33. The molecule has 2 fully saturated rings. The number of ether oxygens (including phenoxy) is 2. The van der Waals surface area contributed by atoms with Crippen LogP contribution in [0.2, 0.25) is 0 Å². The zero-order chi connectivity index (χ0) is 17.5. The molecule has 146 valence electrons. The van der Waals surface area contributed by atoms with Crippen LogP contribution in [0.25, 0.3) is 0 Å². The topological polar surface area (TPSA) is 59.6 Å². The van der Waals surface area contributed by atoms with Crippen molar-refractivity contribution in [2.45, 2.75) is 51.2 Å². The number of benzene rings is 1. The van der Waals surface area contributed by atoms with E-state index in [2.05, 4.69) is 10.6 Å². The standard InChI is InChI=1S/C20H30N2O3.ClH/c1-24-15-20(10-12-21-13-11-20)19(23)22-17-8-6-16(7-9-17)14-25-18-4-2-3-5-18;/h6-9,18,21H,2-5,10-15H2,1H3,(H,22,23);1H. The molecule has 1 aromatic carbocycles. The van der Waals surface area contributed by atoms with Crippen molar-refractivity contribution in [3.05, 3.63) is 29.8 Å². The van der Waals surface area contributed by atoms with Gasteiger partial charge in [0.25, 0.3) is 0 Å². The average Bonchev–Trinajstić information content (AvgIpc) is 3.16. The van der Waals surface area contributed by atoms with Gasteiger partial charge in [-0.15, -0.1) is 12.4 Å². The van der Waals surface area contributed by atoms with Crippen molar-refractivity contribution in [1.82, 2.24) is 5.32 Å². The lowest BCUT2D eigenvalue weighted by atomic mass is 9.78. The first-order chi connectivity index (χ1) is 12.2.